The Labute approximate surface area is 176 Å². The average Bonchev–Trinajstić information content (AvgIpc) is 2.72. The molecule has 0 saturated heterocycles. The first-order chi connectivity index (χ1) is 14.4. The molecule has 1 heterocycles. The lowest BCUT2D eigenvalue weighted by Crippen LogP contribution is -2.24. The summed E-state index contributed by atoms with van der Waals surface area (Å²) in [5.74, 6) is -1.34. The average molecular weight is 435 g/mol. The van der Waals surface area contributed by atoms with Crippen molar-refractivity contribution in [2.24, 2.45) is 5.92 Å². The van der Waals surface area contributed by atoms with E-state index in [-0.39, 0.29) is 17.4 Å². The van der Waals surface area contributed by atoms with Gasteiger partial charge in [-0.15, -0.1) is 0 Å². The number of sulfonamides is 1. The molecule has 2 N–H and O–H groups in total. The number of aromatic nitrogens is 1. The van der Waals surface area contributed by atoms with Crippen LogP contribution in [0.4, 0.5) is 4.39 Å². The van der Waals surface area contributed by atoms with Crippen LogP contribution in [0.15, 0.2) is 65.8 Å². The number of rotatable bonds is 13. The van der Waals surface area contributed by atoms with E-state index in [1.807, 2.05) is 18.3 Å². The number of unbranched alkanes of at least 4 members (excludes halogenated alkanes) is 1. The van der Waals surface area contributed by atoms with Crippen molar-refractivity contribution in [1.29, 1.82) is 0 Å². The van der Waals surface area contributed by atoms with Gasteiger partial charge in [0.25, 0.3) is 0 Å². The van der Waals surface area contributed by atoms with Gasteiger partial charge in [-0.05, 0) is 73.9 Å². The third-order valence-corrected chi connectivity index (χ3v) is 6.17. The maximum Gasteiger partial charge on any atom is 0.327 e. The van der Waals surface area contributed by atoms with Gasteiger partial charge >= 0.3 is 5.97 Å². The number of nitrogens with one attached hydrogen (secondary N) is 1. The molecule has 1 atom stereocenters. The minimum atomic E-state index is -3.66. The van der Waals surface area contributed by atoms with E-state index in [1.54, 1.807) is 12.3 Å². The van der Waals surface area contributed by atoms with E-state index in [0.29, 0.717) is 6.42 Å². The van der Waals surface area contributed by atoms with Crippen molar-refractivity contribution in [3.63, 3.8) is 0 Å². The molecule has 0 aliphatic heterocycles. The zero-order valence-electron chi connectivity index (χ0n) is 16.7. The molecule has 0 spiro atoms. The second-order valence-corrected chi connectivity index (χ2v) is 8.83. The van der Waals surface area contributed by atoms with E-state index >= 15 is 0 Å². The normalized spacial score (nSPS) is 12.8. The zero-order chi connectivity index (χ0) is 21.8. The summed E-state index contributed by atoms with van der Waals surface area (Å²) in [6.07, 6.45) is 11.2. The molecule has 1 aromatic heterocycles. The lowest BCUT2D eigenvalue weighted by Gasteiger charge is -2.13. The van der Waals surface area contributed by atoms with Crippen molar-refractivity contribution in [2.75, 3.05) is 6.54 Å². The fraction of sp³-hybridized carbons (Fsp3) is 0.364. The maximum atomic E-state index is 12.9. The molecule has 6 nitrogen and oxygen atoms in total. The summed E-state index contributed by atoms with van der Waals surface area (Å²) in [6.45, 7) is 0.269. The highest BCUT2D eigenvalue weighted by Crippen LogP contribution is 2.18. The van der Waals surface area contributed by atoms with Gasteiger partial charge in [-0.1, -0.05) is 18.6 Å². The highest BCUT2D eigenvalue weighted by Gasteiger charge is 2.13. The molecule has 0 fully saturated rings. The standard InChI is InChI=1S/C22H27FN2O4S/c23-20-10-12-21(13-11-20)30(28,29)25-16-2-1-5-18(9-14-22(26)27)6-3-7-19-8-4-15-24-17-19/h4,8-15,17-18,25H,1-3,5-7,16H2,(H,26,27)/b14-9+. The molecule has 162 valence electrons. The number of carboxylic acid groups (broad SMARTS) is 1. The predicted molar refractivity (Wildman–Crippen MR) is 113 cm³/mol. The van der Waals surface area contributed by atoms with Gasteiger partial charge in [0.1, 0.15) is 5.82 Å². The van der Waals surface area contributed by atoms with Gasteiger partial charge in [0, 0.05) is 25.0 Å². The van der Waals surface area contributed by atoms with E-state index in [0.717, 1.165) is 49.8 Å². The number of aryl methyl sites for hydroxylation is 1. The monoisotopic (exact) mass is 434 g/mol. The van der Waals surface area contributed by atoms with Crippen molar-refractivity contribution in [2.45, 2.75) is 43.4 Å². The molecule has 1 aromatic carbocycles. The molecule has 2 aromatic rings. The molecule has 0 aliphatic rings. The number of carbonyl (C=O) groups is 1. The lowest BCUT2D eigenvalue weighted by molar-refractivity contribution is -0.131. The highest BCUT2D eigenvalue weighted by atomic mass is 32.2. The van der Waals surface area contributed by atoms with Gasteiger partial charge in [-0.3, -0.25) is 4.98 Å². The van der Waals surface area contributed by atoms with E-state index in [4.69, 9.17) is 5.11 Å². The van der Waals surface area contributed by atoms with E-state index in [2.05, 4.69) is 9.71 Å². The van der Waals surface area contributed by atoms with Crippen LogP contribution in [0.1, 0.15) is 37.7 Å². The number of benzene rings is 1. The van der Waals surface area contributed by atoms with Crippen LogP contribution < -0.4 is 4.72 Å². The number of pyridine rings is 1. The molecule has 0 bridgehead atoms. The molecular weight excluding hydrogens is 407 g/mol. The van der Waals surface area contributed by atoms with Gasteiger partial charge in [0.2, 0.25) is 10.0 Å². The molecule has 0 aliphatic carbocycles. The number of hydrogen-bond acceptors (Lipinski definition) is 4. The largest absolute Gasteiger partial charge is 0.478 e. The van der Waals surface area contributed by atoms with Gasteiger partial charge in [0.05, 0.1) is 4.90 Å². The first-order valence-electron chi connectivity index (χ1n) is 9.92. The summed E-state index contributed by atoms with van der Waals surface area (Å²) in [6, 6.07) is 8.59. The van der Waals surface area contributed by atoms with Crippen LogP contribution in [-0.4, -0.2) is 31.0 Å². The van der Waals surface area contributed by atoms with Crippen molar-refractivity contribution in [3.05, 3.63) is 72.3 Å². The topological polar surface area (TPSA) is 96.4 Å². The number of nitrogens with zero attached hydrogens (tertiary/aromatic N) is 1. The van der Waals surface area contributed by atoms with Gasteiger partial charge < -0.3 is 5.11 Å². The fourth-order valence-electron chi connectivity index (χ4n) is 3.10. The fourth-order valence-corrected chi connectivity index (χ4v) is 4.18. The quantitative estimate of drug-likeness (QED) is 0.368. The summed E-state index contributed by atoms with van der Waals surface area (Å²) < 4.78 is 39.8. The summed E-state index contributed by atoms with van der Waals surface area (Å²) in [7, 11) is -3.66. The minimum Gasteiger partial charge on any atom is -0.478 e. The third-order valence-electron chi connectivity index (χ3n) is 4.69. The number of carboxylic acids is 1. The van der Waals surface area contributed by atoms with Crippen LogP contribution >= 0.6 is 0 Å². The Bertz CT molecular complexity index is 916. The molecule has 0 saturated carbocycles. The van der Waals surface area contributed by atoms with Crippen molar-refractivity contribution in [1.82, 2.24) is 9.71 Å². The SMILES string of the molecule is O=C(O)/C=C/C(CCCCNS(=O)(=O)c1ccc(F)cc1)CCCc1cccnc1. The van der Waals surface area contributed by atoms with Crippen LogP contribution in [0, 0.1) is 11.7 Å². The summed E-state index contributed by atoms with van der Waals surface area (Å²) in [4.78, 5) is 15.0. The van der Waals surface area contributed by atoms with Gasteiger partial charge in [-0.25, -0.2) is 22.3 Å². The molecule has 30 heavy (non-hydrogen) atoms. The zero-order valence-corrected chi connectivity index (χ0v) is 17.5. The van der Waals surface area contributed by atoms with Crippen molar-refractivity contribution < 1.29 is 22.7 Å². The molecule has 1 unspecified atom stereocenters. The Balaban J connectivity index is 1.75. The molecule has 8 heteroatoms. The van der Waals surface area contributed by atoms with E-state index < -0.39 is 21.8 Å². The number of allylic oxidation sites excluding steroid dienone is 1. The third kappa shape index (κ3) is 8.84. The van der Waals surface area contributed by atoms with Gasteiger partial charge in [0.15, 0.2) is 0 Å². The van der Waals surface area contributed by atoms with Crippen LogP contribution in [-0.2, 0) is 21.2 Å². The van der Waals surface area contributed by atoms with Crippen LogP contribution in [0.3, 0.4) is 0 Å². The Kier molecular flexibility index (Phi) is 9.63. The molecular formula is C22H27FN2O4S. The van der Waals surface area contributed by atoms with E-state index in [1.165, 1.54) is 18.2 Å². The molecule has 2 rings (SSSR count). The number of hydrogen-bond donors (Lipinski definition) is 2. The summed E-state index contributed by atoms with van der Waals surface area (Å²) in [5.41, 5.74) is 1.15. The molecule has 0 amide bonds. The van der Waals surface area contributed by atoms with Crippen LogP contribution in [0.5, 0.6) is 0 Å². The second-order valence-electron chi connectivity index (χ2n) is 7.06. The first kappa shape index (κ1) is 23.7. The number of halogens is 1. The highest BCUT2D eigenvalue weighted by molar-refractivity contribution is 7.89. The minimum absolute atomic E-state index is 0.0292. The lowest BCUT2D eigenvalue weighted by atomic mass is 9.94. The number of aliphatic carboxylic acids is 1. The maximum absolute atomic E-state index is 12.9. The summed E-state index contributed by atoms with van der Waals surface area (Å²) in [5, 5.41) is 8.90. The van der Waals surface area contributed by atoms with Gasteiger partial charge in [-0.2, -0.15) is 0 Å². The van der Waals surface area contributed by atoms with Crippen LogP contribution in [0.25, 0.3) is 0 Å². The van der Waals surface area contributed by atoms with Crippen LogP contribution in [0.2, 0.25) is 0 Å². The smallest absolute Gasteiger partial charge is 0.327 e. The van der Waals surface area contributed by atoms with Crippen molar-refractivity contribution >= 4 is 16.0 Å². The molecule has 0 radical (unpaired) electrons. The Hall–Kier alpha value is -2.58. The Morgan fingerprint density at radius 3 is 2.53 bits per heavy atom. The Morgan fingerprint density at radius 2 is 1.87 bits per heavy atom. The summed E-state index contributed by atoms with van der Waals surface area (Å²) >= 11 is 0. The van der Waals surface area contributed by atoms with E-state index in [9.17, 15) is 17.6 Å². The Morgan fingerprint density at radius 1 is 1.13 bits per heavy atom. The second kappa shape index (κ2) is 12.2. The van der Waals surface area contributed by atoms with Crippen molar-refractivity contribution in [3.8, 4) is 0 Å². The first-order valence-corrected chi connectivity index (χ1v) is 11.4. The predicted octanol–water partition coefficient (Wildman–Crippen LogP) is 3.95.